The molecule has 0 amide bonds. The molecule has 0 aliphatic rings. The highest BCUT2D eigenvalue weighted by Gasteiger charge is 2.01. The molecule has 0 aromatic carbocycles. The third kappa shape index (κ3) is 5.82. The maximum atomic E-state index is 5.76. The predicted octanol–water partition coefficient (Wildman–Crippen LogP) is 1.76. The summed E-state index contributed by atoms with van der Waals surface area (Å²) in [5.41, 5.74) is 5.76. The smallest absolute Gasteiger partial charge is 0.133 e. The summed E-state index contributed by atoms with van der Waals surface area (Å²) < 4.78 is 0. The molecule has 5 nitrogen and oxygen atoms in total. The summed E-state index contributed by atoms with van der Waals surface area (Å²) in [5, 5.41) is 3.31. The Bertz CT molecular complexity index is 351. The lowest BCUT2D eigenvalue weighted by atomic mass is 10.3. The normalized spacial score (nSPS) is 10.9. The average Bonchev–Trinajstić information content (AvgIpc) is 2.28. The Morgan fingerprint density at radius 2 is 2.06 bits per heavy atom. The van der Waals surface area contributed by atoms with E-state index in [1.807, 2.05) is 0 Å². The van der Waals surface area contributed by atoms with Crippen molar-refractivity contribution in [3.8, 4) is 0 Å². The highest BCUT2D eigenvalue weighted by Crippen LogP contribution is 2.09. The van der Waals surface area contributed by atoms with Crippen molar-refractivity contribution in [2.75, 3.05) is 38.2 Å². The third-order valence-electron chi connectivity index (χ3n) is 2.60. The van der Waals surface area contributed by atoms with Gasteiger partial charge in [-0.15, -0.1) is 0 Å². The lowest BCUT2D eigenvalue weighted by molar-refractivity contribution is 0.396. The van der Waals surface area contributed by atoms with Crippen LogP contribution in [0.15, 0.2) is 6.07 Å². The van der Waals surface area contributed by atoms with Crippen molar-refractivity contribution in [1.29, 1.82) is 0 Å². The summed E-state index contributed by atoms with van der Waals surface area (Å²) in [6.07, 6.45) is 4.22. The molecule has 1 heterocycles. The number of aryl methyl sites for hydroxylation is 1. The lowest BCUT2D eigenvalue weighted by Gasteiger charge is -2.10. The number of nitrogens with zero attached hydrogens (tertiary/aromatic N) is 3. The minimum Gasteiger partial charge on any atom is -0.384 e. The first-order valence-electron chi connectivity index (χ1n) is 6.64. The van der Waals surface area contributed by atoms with Gasteiger partial charge in [0.05, 0.1) is 0 Å². The molecule has 0 aliphatic carbocycles. The molecule has 0 bridgehead atoms. The van der Waals surface area contributed by atoms with E-state index in [0.717, 1.165) is 44.0 Å². The molecular weight excluding hydrogens is 226 g/mol. The van der Waals surface area contributed by atoms with Crippen LogP contribution in [0, 0.1) is 0 Å². The van der Waals surface area contributed by atoms with Gasteiger partial charge in [0, 0.05) is 19.0 Å². The Morgan fingerprint density at radius 1 is 1.28 bits per heavy atom. The van der Waals surface area contributed by atoms with E-state index in [-0.39, 0.29) is 0 Å². The number of aromatic nitrogens is 2. The highest BCUT2D eigenvalue weighted by atomic mass is 15.1. The molecule has 0 spiro atoms. The van der Waals surface area contributed by atoms with E-state index in [2.05, 4.69) is 41.2 Å². The number of anilines is 2. The zero-order valence-corrected chi connectivity index (χ0v) is 11.7. The molecule has 1 aromatic rings. The molecule has 102 valence electrons. The minimum absolute atomic E-state index is 0.546. The molecule has 5 heteroatoms. The van der Waals surface area contributed by atoms with Crippen molar-refractivity contribution < 1.29 is 0 Å². The van der Waals surface area contributed by atoms with Crippen LogP contribution in [-0.4, -0.2) is 42.1 Å². The molecule has 1 rings (SSSR count). The number of nitrogens with two attached hydrogens (primary N) is 1. The van der Waals surface area contributed by atoms with Crippen LogP contribution in [0.25, 0.3) is 0 Å². The molecule has 1 aromatic heterocycles. The molecule has 0 fully saturated rings. The second kappa shape index (κ2) is 7.87. The summed E-state index contributed by atoms with van der Waals surface area (Å²) in [5.74, 6) is 2.22. The molecule has 0 saturated carbocycles. The number of nitrogens with one attached hydrogen (secondary N) is 1. The maximum Gasteiger partial charge on any atom is 0.133 e. The Kier molecular flexibility index (Phi) is 6.43. The lowest BCUT2D eigenvalue weighted by Crippen LogP contribution is -2.14. The van der Waals surface area contributed by atoms with Crippen molar-refractivity contribution in [3.63, 3.8) is 0 Å². The quantitative estimate of drug-likeness (QED) is 0.689. The monoisotopic (exact) mass is 251 g/mol. The fraction of sp³-hybridized carbons (Fsp3) is 0.692. The first-order valence-corrected chi connectivity index (χ1v) is 6.64. The van der Waals surface area contributed by atoms with Gasteiger partial charge in [-0.3, -0.25) is 0 Å². The third-order valence-corrected chi connectivity index (χ3v) is 2.60. The van der Waals surface area contributed by atoms with Crippen LogP contribution in [-0.2, 0) is 6.42 Å². The largest absolute Gasteiger partial charge is 0.384 e. The fourth-order valence-electron chi connectivity index (χ4n) is 1.71. The van der Waals surface area contributed by atoms with E-state index in [9.17, 15) is 0 Å². The predicted molar refractivity (Wildman–Crippen MR) is 76.7 cm³/mol. The van der Waals surface area contributed by atoms with Gasteiger partial charge in [-0.25, -0.2) is 9.97 Å². The number of unbranched alkanes of at least 4 members (excludes halogenated alkanes) is 1. The Balaban J connectivity index is 2.37. The SMILES string of the molecule is CCCc1nc(N)cc(NCCCCN(C)C)n1. The van der Waals surface area contributed by atoms with Crippen molar-refractivity contribution in [2.45, 2.75) is 32.6 Å². The van der Waals surface area contributed by atoms with Gasteiger partial charge in [0.2, 0.25) is 0 Å². The highest BCUT2D eigenvalue weighted by molar-refractivity contribution is 5.44. The van der Waals surface area contributed by atoms with Gasteiger partial charge in [-0.2, -0.15) is 0 Å². The Hall–Kier alpha value is -1.36. The van der Waals surface area contributed by atoms with Crippen LogP contribution >= 0.6 is 0 Å². The van der Waals surface area contributed by atoms with Gasteiger partial charge in [-0.1, -0.05) is 6.92 Å². The molecule has 0 unspecified atom stereocenters. The van der Waals surface area contributed by atoms with Crippen molar-refractivity contribution >= 4 is 11.6 Å². The zero-order valence-electron chi connectivity index (χ0n) is 11.7. The van der Waals surface area contributed by atoms with Gasteiger partial charge < -0.3 is 16.0 Å². The maximum absolute atomic E-state index is 5.76. The van der Waals surface area contributed by atoms with Gasteiger partial charge in [-0.05, 0) is 39.9 Å². The van der Waals surface area contributed by atoms with Crippen molar-refractivity contribution in [1.82, 2.24) is 14.9 Å². The molecule has 3 N–H and O–H groups in total. The summed E-state index contributed by atoms with van der Waals surface area (Å²) in [7, 11) is 4.19. The van der Waals surface area contributed by atoms with Crippen LogP contribution in [0.5, 0.6) is 0 Å². The second-order valence-electron chi connectivity index (χ2n) is 4.78. The fourth-order valence-corrected chi connectivity index (χ4v) is 1.71. The van der Waals surface area contributed by atoms with Crippen LogP contribution < -0.4 is 11.1 Å². The molecule has 0 saturated heterocycles. The topological polar surface area (TPSA) is 67.1 Å². The van der Waals surface area contributed by atoms with Crippen molar-refractivity contribution in [3.05, 3.63) is 11.9 Å². The van der Waals surface area contributed by atoms with Gasteiger partial charge in [0.25, 0.3) is 0 Å². The molecule has 0 radical (unpaired) electrons. The zero-order chi connectivity index (χ0) is 13.4. The van der Waals surface area contributed by atoms with Crippen LogP contribution in [0.2, 0.25) is 0 Å². The second-order valence-corrected chi connectivity index (χ2v) is 4.78. The van der Waals surface area contributed by atoms with Crippen LogP contribution in [0.1, 0.15) is 32.0 Å². The standard InChI is InChI=1S/C13H25N5/c1-4-7-12-16-11(14)10-13(17-12)15-8-5-6-9-18(2)3/h10H,4-9H2,1-3H3,(H3,14,15,16,17). The van der Waals surface area contributed by atoms with E-state index >= 15 is 0 Å². The Morgan fingerprint density at radius 3 is 2.72 bits per heavy atom. The van der Waals surface area contributed by atoms with E-state index in [0.29, 0.717) is 5.82 Å². The Labute approximate surface area is 110 Å². The minimum atomic E-state index is 0.546. The summed E-state index contributed by atoms with van der Waals surface area (Å²) in [4.78, 5) is 10.9. The van der Waals surface area contributed by atoms with E-state index in [1.54, 1.807) is 6.07 Å². The number of nitrogen functional groups attached to an aromatic ring is 1. The molecule has 0 aliphatic heterocycles. The number of rotatable bonds is 8. The summed E-state index contributed by atoms with van der Waals surface area (Å²) in [6.45, 7) is 4.16. The van der Waals surface area contributed by atoms with E-state index in [1.165, 1.54) is 6.42 Å². The molecule has 18 heavy (non-hydrogen) atoms. The van der Waals surface area contributed by atoms with Crippen molar-refractivity contribution in [2.24, 2.45) is 0 Å². The first kappa shape index (κ1) is 14.7. The van der Waals surface area contributed by atoms with Gasteiger partial charge in [0.1, 0.15) is 17.5 Å². The number of hydrogen-bond donors (Lipinski definition) is 2. The van der Waals surface area contributed by atoms with Gasteiger partial charge >= 0.3 is 0 Å². The van der Waals surface area contributed by atoms with Crippen LogP contribution in [0.3, 0.4) is 0 Å². The first-order chi connectivity index (χ1) is 8.61. The average molecular weight is 251 g/mol. The summed E-state index contributed by atoms with van der Waals surface area (Å²) >= 11 is 0. The molecular formula is C13H25N5. The number of hydrogen-bond acceptors (Lipinski definition) is 5. The molecule has 0 atom stereocenters. The van der Waals surface area contributed by atoms with E-state index < -0.39 is 0 Å². The van der Waals surface area contributed by atoms with E-state index in [4.69, 9.17) is 5.73 Å². The summed E-state index contributed by atoms with van der Waals surface area (Å²) in [6, 6.07) is 1.80. The van der Waals surface area contributed by atoms with Crippen LogP contribution in [0.4, 0.5) is 11.6 Å². The van der Waals surface area contributed by atoms with Gasteiger partial charge in [0.15, 0.2) is 0 Å².